The topological polar surface area (TPSA) is 26.0 Å². The molecule has 0 saturated heterocycles. The van der Waals surface area contributed by atoms with E-state index in [0.717, 1.165) is 26.2 Å². The Hall–Kier alpha value is -0.840. The molecule has 2 aromatic carbocycles. The van der Waals surface area contributed by atoms with E-state index in [1.165, 1.54) is 12.1 Å². The van der Waals surface area contributed by atoms with E-state index in [1.54, 1.807) is 11.8 Å². The van der Waals surface area contributed by atoms with Gasteiger partial charge in [-0.05, 0) is 48.4 Å². The summed E-state index contributed by atoms with van der Waals surface area (Å²) in [4.78, 5) is 1.15. The van der Waals surface area contributed by atoms with Crippen LogP contribution in [0.25, 0.3) is 0 Å². The summed E-state index contributed by atoms with van der Waals surface area (Å²) in [6, 6.07) is 12.9. The third kappa shape index (κ3) is 4.34. The van der Waals surface area contributed by atoms with Crippen LogP contribution in [0.4, 0.5) is 4.39 Å². The third-order valence-electron chi connectivity index (χ3n) is 2.72. The Morgan fingerprint density at radius 1 is 1.26 bits per heavy atom. The van der Waals surface area contributed by atoms with Gasteiger partial charge in [-0.15, -0.1) is 11.8 Å². The maximum Gasteiger partial charge on any atom is 0.123 e. The maximum absolute atomic E-state index is 13.3. The Bertz CT molecular complexity index is 554. The van der Waals surface area contributed by atoms with Gasteiger partial charge < -0.3 is 5.73 Å². The van der Waals surface area contributed by atoms with Crippen molar-refractivity contribution in [2.45, 2.75) is 17.9 Å². The van der Waals surface area contributed by atoms with E-state index in [2.05, 4.69) is 15.9 Å². The Morgan fingerprint density at radius 2 is 2.05 bits per heavy atom. The second-order valence-corrected chi connectivity index (χ2v) is 6.45. The molecular formula is C15H15BrFNS. The van der Waals surface area contributed by atoms with Crippen LogP contribution in [-0.2, 0) is 0 Å². The highest BCUT2D eigenvalue weighted by Gasteiger charge is 2.09. The van der Waals surface area contributed by atoms with Gasteiger partial charge in [0, 0.05) is 21.2 Å². The summed E-state index contributed by atoms with van der Waals surface area (Å²) >= 11 is 5.11. The molecule has 1 unspecified atom stereocenters. The minimum Gasteiger partial charge on any atom is -0.323 e. The first-order valence-electron chi connectivity index (χ1n) is 5.95. The standard InChI is InChI=1S/C15H15BrFNS/c1-10-5-11(7-13(17)6-10)15(18)9-19-14-4-2-3-12(16)8-14/h2-8,15H,9,18H2,1H3. The van der Waals surface area contributed by atoms with Crippen LogP contribution in [0.3, 0.4) is 0 Å². The van der Waals surface area contributed by atoms with Gasteiger partial charge in [0.05, 0.1) is 0 Å². The minimum absolute atomic E-state index is 0.168. The Morgan fingerprint density at radius 3 is 2.74 bits per heavy atom. The first-order chi connectivity index (χ1) is 9.04. The van der Waals surface area contributed by atoms with Gasteiger partial charge in [-0.1, -0.05) is 28.1 Å². The lowest BCUT2D eigenvalue weighted by atomic mass is 10.1. The lowest BCUT2D eigenvalue weighted by Gasteiger charge is -2.13. The predicted molar refractivity (Wildman–Crippen MR) is 82.9 cm³/mol. The average molecular weight is 340 g/mol. The highest BCUT2D eigenvalue weighted by atomic mass is 79.9. The fraction of sp³-hybridized carbons (Fsp3) is 0.200. The SMILES string of the molecule is Cc1cc(F)cc(C(N)CSc2cccc(Br)c2)c1. The fourth-order valence-corrected chi connectivity index (χ4v) is 3.32. The molecule has 0 bridgehead atoms. The molecule has 100 valence electrons. The second-order valence-electron chi connectivity index (χ2n) is 4.44. The molecule has 0 aliphatic heterocycles. The van der Waals surface area contributed by atoms with E-state index < -0.39 is 0 Å². The molecule has 0 fully saturated rings. The number of rotatable bonds is 4. The summed E-state index contributed by atoms with van der Waals surface area (Å²) in [6.07, 6.45) is 0. The number of nitrogens with two attached hydrogens (primary N) is 1. The zero-order valence-electron chi connectivity index (χ0n) is 10.6. The Balaban J connectivity index is 2.03. The van der Waals surface area contributed by atoms with Gasteiger partial charge in [0.25, 0.3) is 0 Å². The van der Waals surface area contributed by atoms with Crippen molar-refractivity contribution in [3.63, 3.8) is 0 Å². The lowest BCUT2D eigenvalue weighted by molar-refractivity contribution is 0.621. The van der Waals surface area contributed by atoms with Crippen molar-refractivity contribution in [2.24, 2.45) is 5.73 Å². The molecule has 2 rings (SSSR count). The van der Waals surface area contributed by atoms with Gasteiger partial charge in [-0.3, -0.25) is 0 Å². The molecule has 0 heterocycles. The molecule has 0 amide bonds. The zero-order valence-corrected chi connectivity index (χ0v) is 13.0. The Labute approximate surface area is 125 Å². The molecule has 4 heteroatoms. The molecular weight excluding hydrogens is 325 g/mol. The molecule has 19 heavy (non-hydrogen) atoms. The third-order valence-corrected chi connectivity index (χ3v) is 4.32. The van der Waals surface area contributed by atoms with E-state index in [-0.39, 0.29) is 11.9 Å². The molecule has 0 spiro atoms. The van der Waals surface area contributed by atoms with Gasteiger partial charge >= 0.3 is 0 Å². The van der Waals surface area contributed by atoms with Crippen molar-refractivity contribution < 1.29 is 4.39 Å². The largest absolute Gasteiger partial charge is 0.323 e. The molecule has 1 atom stereocenters. The number of hydrogen-bond donors (Lipinski definition) is 1. The van der Waals surface area contributed by atoms with E-state index in [9.17, 15) is 4.39 Å². The van der Waals surface area contributed by atoms with Gasteiger partial charge in [0.2, 0.25) is 0 Å². The second kappa shape index (κ2) is 6.55. The predicted octanol–water partition coefficient (Wildman–Crippen LogP) is 4.69. The van der Waals surface area contributed by atoms with Gasteiger partial charge in [0.15, 0.2) is 0 Å². The number of benzene rings is 2. The normalized spacial score (nSPS) is 12.4. The number of thioether (sulfide) groups is 1. The van der Waals surface area contributed by atoms with Gasteiger partial charge in [0.1, 0.15) is 5.82 Å². The first kappa shape index (κ1) is 14.6. The van der Waals surface area contributed by atoms with Crippen molar-refractivity contribution in [1.82, 2.24) is 0 Å². The summed E-state index contributed by atoms with van der Waals surface area (Å²) in [5.41, 5.74) is 7.87. The van der Waals surface area contributed by atoms with Crippen LogP contribution < -0.4 is 5.73 Å². The van der Waals surface area contributed by atoms with E-state index in [1.807, 2.05) is 37.3 Å². The number of aryl methyl sites for hydroxylation is 1. The minimum atomic E-state index is -0.224. The number of halogens is 2. The summed E-state index contributed by atoms with van der Waals surface area (Å²) in [6.45, 7) is 1.88. The van der Waals surface area contributed by atoms with Crippen molar-refractivity contribution in [3.05, 3.63) is 63.9 Å². The van der Waals surface area contributed by atoms with Gasteiger partial charge in [-0.2, -0.15) is 0 Å². The van der Waals surface area contributed by atoms with Crippen LogP contribution >= 0.6 is 27.7 Å². The summed E-state index contributed by atoms with van der Waals surface area (Å²) in [5.74, 6) is 0.497. The first-order valence-corrected chi connectivity index (χ1v) is 7.73. The summed E-state index contributed by atoms with van der Waals surface area (Å²) < 4.78 is 14.4. The zero-order chi connectivity index (χ0) is 13.8. The highest BCUT2D eigenvalue weighted by Crippen LogP contribution is 2.26. The van der Waals surface area contributed by atoms with Crippen LogP contribution in [0.5, 0.6) is 0 Å². The van der Waals surface area contributed by atoms with Gasteiger partial charge in [-0.25, -0.2) is 4.39 Å². The van der Waals surface area contributed by atoms with Crippen molar-refractivity contribution in [3.8, 4) is 0 Å². The molecule has 0 radical (unpaired) electrons. The number of hydrogen-bond acceptors (Lipinski definition) is 2. The highest BCUT2D eigenvalue weighted by molar-refractivity contribution is 9.10. The van der Waals surface area contributed by atoms with E-state index >= 15 is 0 Å². The molecule has 2 aromatic rings. The van der Waals surface area contributed by atoms with Crippen LogP contribution in [-0.4, -0.2) is 5.75 Å². The van der Waals surface area contributed by atoms with E-state index in [4.69, 9.17) is 5.73 Å². The molecule has 0 aromatic heterocycles. The monoisotopic (exact) mass is 339 g/mol. The summed E-state index contributed by atoms with van der Waals surface area (Å²) in [7, 11) is 0. The molecule has 0 aliphatic rings. The molecule has 1 nitrogen and oxygen atoms in total. The fourth-order valence-electron chi connectivity index (χ4n) is 1.82. The molecule has 0 saturated carbocycles. The van der Waals surface area contributed by atoms with Crippen molar-refractivity contribution in [2.75, 3.05) is 5.75 Å². The Kier molecular flexibility index (Phi) is 5.02. The van der Waals surface area contributed by atoms with E-state index in [0.29, 0.717) is 0 Å². The van der Waals surface area contributed by atoms with Crippen molar-refractivity contribution in [1.29, 1.82) is 0 Å². The molecule has 2 N–H and O–H groups in total. The maximum atomic E-state index is 13.3. The average Bonchev–Trinajstić information content (AvgIpc) is 2.35. The lowest BCUT2D eigenvalue weighted by Crippen LogP contribution is -2.13. The smallest absolute Gasteiger partial charge is 0.123 e. The van der Waals surface area contributed by atoms with Crippen molar-refractivity contribution >= 4 is 27.7 Å². The molecule has 0 aliphatic carbocycles. The van der Waals surface area contributed by atoms with Crippen LogP contribution in [0.1, 0.15) is 17.2 Å². The van der Waals surface area contributed by atoms with Crippen LogP contribution in [0, 0.1) is 12.7 Å². The quantitative estimate of drug-likeness (QED) is 0.817. The van der Waals surface area contributed by atoms with Crippen LogP contribution in [0.15, 0.2) is 51.8 Å². The summed E-state index contributed by atoms with van der Waals surface area (Å²) in [5, 5.41) is 0. The van der Waals surface area contributed by atoms with Crippen LogP contribution in [0.2, 0.25) is 0 Å².